The predicted octanol–water partition coefficient (Wildman–Crippen LogP) is 3.06. The molecule has 8 heteroatoms. The molecule has 0 aliphatic heterocycles. The Kier molecular flexibility index (Phi) is 7.64. The van der Waals surface area contributed by atoms with Crippen LogP contribution in [0, 0.1) is 6.92 Å². The van der Waals surface area contributed by atoms with Crippen molar-refractivity contribution in [1.82, 2.24) is 15.6 Å². The van der Waals surface area contributed by atoms with Crippen molar-refractivity contribution in [2.45, 2.75) is 46.2 Å². The van der Waals surface area contributed by atoms with Gasteiger partial charge in [-0.15, -0.1) is 11.3 Å². The van der Waals surface area contributed by atoms with Crippen LogP contribution in [-0.4, -0.2) is 36.8 Å². The molecule has 0 radical (unpaired) electrons. The van der Waals surface area contributed by atoms with E-state index < -0.39 is 12.6 Å². The lowest BCUT2D eigenvalue weighted by atomic mass is 10.3. The van der Waals surface area contributed by atoms with Gasteiger partial charge in [-0.3, -0.25) is 4.99 Å². The fourth-order valence-electron chi connectivity index (χ4n) is 1.85. The van der Waals surface area contributed by atoms with Gasteiger partial charge in [0, 0.05) is 24.4 Å². The molecular formula is C14H23F3N4S. The number of rotatable bonds is 7. The van der Waals surface area contributed by atoms with Gasteiger partial charge in [0.25, 0.3) is 0 Å². The van der Waals surface area contributed by atoms with Gasteiger partial charge in [-0.05, 0) is 20.3 Å². The summed E-state index contributed by atoms with van der Waals surface area (Å²) in [6.45, 7) is 6.92. The van der Waals surface area contributed by atoms with Crippen LogP contribution < -0.4 is 10.6 Å². The van der Waals surface area contributed by atoms with Crippen LogP contribution in [0.1, 0.15) is 35.8 Å². The van der Waals surface area contributed by atoms with Crippen LogP contribution in [0.3, 0.4) is 0 Å². The van der Waals surface area contributed by atoms with Gasteiger partial charge < -0.3 is 10.6 Å². The predicted molar refractivity (Wildman–Crippen MR) is 84.6 cm³/mol. The molecule has 1 aromatic rings. The average molecular weight is 336 g/mol. The maximum Gasteiger partial charge on any atom is 0.390 e. The lowest BCUT2D eigenvalue weighted by Gasteiger charge is -2.11. The van der Waals surface area contributed by atoms with Crippen LogP contribution in [0.25, 0.3) is 0 Å². The molecule has 2 N–H and O–H groups in total. The van der Waals surface area contributed by atoms with Crippen molar-refractivity contribution in [3.05, 3.63) is 15.6 Å². The highest BCUT2D eigenvalue weighted by molar-refractivity contribution is 7.11. The van der Waals surface area contributed by atoms with Gasteiger partial charge >= 0.3 is 6.18 Å². The van der Waals surface area contributed by atoms with Crippen LogP contribution in [-0.2, 0) is 12.8 Å². The first-order valence-electron chi connectivity index (χ1n) is 7.39. The molecule has 0 amide bonds. The number of aromatic nitrogens is 1. The summed E-state index contributed by atoms with van der Waals surface area (Å²) in [5, 5.41) is 7.01. The first-order chi connectivity index (χ1) is 10.4. The zero-order chi connectivity index (χ0) is 16.6. The summed E-state index contributed by atoms with van der Waals surface area (Å²) < 4.78 is 36.4. The zero-order valence-electron chi connectivity index (χ0n) is 13.2. The molecule has 0 saturated heterocycles. The van der Waals surface area contributed by atoms with Crippen LogP contribution in [0.15, 0.2) is 4.99 Å². The van der Waals surface area contributed by atoms with Gasteiger partial charge in [-0.2, -0.15) is 13.2 Å². The normalized spacial score (nSPS) is 12.5. The second-order valence-corrected chi connectivity index (χ2v) is 6.05. The molecule has 22 heavy (non-hydrogen) atoms. The van der Waals surface area contributed by atoms with Crippen molar-refractivity contribution in [2.75, 3.05) is 19.6 Å². The van der Waals surface area contributed by atoms with E-state index >= 15 is 0 Å². The van der Waals surface area contributed by atoms with E-state index in [0.717, 1.165) is 23.5 Å². The summed E-state index contributed by atoms with van der Waals surface area (Å²) in [6.07, 6.45) is -3.43. The van der Waals surface area contributed by atoms with Crippen molar-refractivity contribution in [1.29, 1.82) is 0 Å². The fourth-order valence-corrected chi connectivity index (χ4v) is 2.87. The SMILES string of the molecule is CCNC(=NCCC(F)(F)F)NCCc1nc(CC)c(C)s1. The third kappa shape index (κ3) is 7.11. The molecule has 0 spiro atoms. The Bertz CT molecular complexity index is 483. The van der Waals surface area contributed by atoms with Gasteiger partial charge in [-0.1, -0.05) is 6.92 Å². The molecule has 1 rings (SSSR count). The molecule has 0 aromatic carbocycles. The highest BCUT2D eigenvalue weighted by Crippen LogP contribution is 2.19. The molecule has 126 valence electrons. The van der Waals surface area contributed by atoms with E-state index in [1.165, 1.54) is 4.88 Å². The maximum absolute atomic E-state index is 12.1. The Morgan fingerprint density at radius 1 is 1.27 bits per heavy atom. The quantitative estimate of drug-likeness (QED) is 0.594. The summed E-state index contributed by atoms with van der Waals surface area (Å²) in [7, 11) is 0. The van der Waals surface area contributed by atoms with Gasteiger partial charge in [0.15, 0.2) is 5.96 Å². The van der Waals surface area contributed by atoms with Gasteiger partial charge in [-0.25, -0.2) is 4.98 Å². The number of aryl methyl sites for hydroxylation is 2. The van der Waals surface area contributed by atoms with Crippen molar-refractivity contribution in [3.8, 4) is 0 Å². The van der Waals surface area contributed by atoms with E-state index in [2.05, 4.69) is 34.5 Å². The average Bonchev–Trinajstić information content (AvgIpc) is 2.77. The number of thiazole rings is 1. The van der Waals surface area contributed by atoms with E-state index in [1.807, 2.05) is 6.92 Å². The minimum absolute atomic E-state index is 0.269. The van der Waals surface area contributed by atoms with E-state index in [9.17, 15) is 13.2 Å². The molecule has 0 unspecified atom stereocenters. The standard InChI is InChI=1S/C14H23F3N4S/c1-4-11-10(3)22-12(21-11)6-8-19-13(18-5-2)20-9-7-14(15,16)17/h4-9H2,1-3H3,(H2,18,19,20). The van der Waals surface area contributed by atoms with Crippen molar-refractivity contribution < 1.29 is 13.2 Å². The van der Waals surface area contributed by atoms with Crippen LogP contribution in [0.5, 0.6) is 0 Å². The van der Waals surface area contributed by atoms with Crippen molar-refractivity contribution in [2.24, 2.45) is 4.99 Å². The number of guanidine groups is 1. The molecule has 1 aromatic heterocycles. The lowest BCUT2D eigenvalue weighted by molar-refractivity contribution is -0.132. The highest BCUT2D eigenvalue weighted by atomic mass is 32.1. The first-order valence-corrected chi connectivity index (χ1v) is 8.21. The highest BCUT2D eigenvalue weighted by Gasteiger charge is 2.26. The van der Waals surface area contributed by atoms with Crippen LogP contribution in [0.4, 0.5) is 13.2 Å². The number of aliphatic imine (C=N–C) groups is 1. The van der Waals surface area contributed by atoms with Gasteiger partial charge in [0.1, 0.15) is 0 Å². The molecule has 0 aliphatic carbocycles. The number of hydrogen-bond acceptors (Lipinski definition) is 3. The smallest absolute Gasteiger partial charge is 0.357 e. The number of halogens is 3. The largest absolute Gasteiger partial charge is 0.390 e. The molecular weight excluding hydrogens is 313 g/mol. The summed E-state index contributed by atoms with van der Waals surface area (Å²) >= 11 is 1.67. The van der Waals surface area contributed by atoms with E-state index in [0.29, 0.717) is 19.0 Å². The minimum Gasteiger partial charge on any atom is -0.357 e. The third-order valence-electron chi connectivity index (χ3n) is 2.91. The molecule has 0 bridgehead atoms. The van der Waals surface area contributed by atoms with Crippen LogP contribution >= 0.6 is 11.3 Å². The summed E-state index contributed by atoms with van der Waals surface area (Å²) in [5.41, 5.74) is 1.12. The topological polar surface area (TPSA) is 49.3 Å². The number of hydrogen-bond donors (Lipinski definition) is 2. The van der Waals surface area contributed by atoms with E-state index in [-0.39, 0.29) is 6.54 Å². The van der Waals surface area contributed by atoms with Gasteiger partial charge in [0.05, 0.1) is 23.7 Å². The monoisotopic (exact) mass is 336 g/mol. The Labute approximate surface area is 133 Å². The molecule has 0 atom stereocenters. The Morgan fingerprint density at radius 3 is 2.55 bits per heavy atom. The summed E-state index contributed by atoms with van der Waals surface area (Å²) in [6, 6.07) is 0. The molecule has 0 saturated carbocycles. The fraction of sp³-hybridized carbons (Fsp3) is 0.714. The summed E-state index contributed by atoms with van der Waals surface area (Å²) in [5.74, 6) is 0.413. The molecule has 4 nitrogen and oxygen atoms in total. The van der Waals surface area contributed by atoms with Crippen LogP contribution in [0.2, 0.25) is 0 Å². The lowest BCUT2D eigenvalue weighted by Crippen LogP contribution is -2.38. The second kappa shape index (κ2) is 8.97. The Balaban J connectivity index is 2.44. The molecule has 0 aliphatic rings. The Hall–Kier alpha value is -1.31. The third-order valence-corrected chi connectivity index (χ3v) is 3.99. The number of nitrogens with one attached hydrogen (secondary N) is 2. The van der Waals surface area contributed by atoms with E-state index in [1.54, 1.807) is 11.3 Å². The van der Waals surface area contributed by atoms with E-state index in [4.69, 9.17) is 0 Å². The zero-order valence-corrected chi connectivity index (χ0v) is 14.0. The first kappa shape index (κ1) is 18.7. The summed E-state index contributed by atoms with van der Waals surface area (Å²) in [4.78, 5) is 9.69. The van der Waals surface area contributed by atoms with Gasteiger partial charge in [0.2, 0.25) is 0 Å². The minimum atomic E-state index is -4.17. The number of nitrogens with zero attached hydrogens (tertiary/aromatic N) is 2. The molecule has 0 fully saturated rings. The van der Waals surface area contributed by atoms with Crippen molar-refractivity contribution in [3.63, 3.8) is 0 Å². The molecule has 1 heterocycles. The Morgan fingerprint density at radius 2 is 2.00 bits per heavy atom. The van der Waals surface area contributed by atoms with Crippen molar-refractivity contribution >= 4 is 17.3 Å². The second-order valence-electron chi connectivity index (χ2n) is 4.77. The number of alkyl halides is 3. The maximum atomic E-state index is 12.1.